The molecule has 0 spiro atoms. The van der Waals surface area contributed by atoms with Crippen LogP contribution >= 0.6 is 11.8 Å². The Morgan fingerprint density at radius 3 is 2.44 bits per heavy atom. The topological polar surface area (TPSA) is 37.3 Å². The van der Waals surface area contributed by atoms with Crippen molar-refractivity contribution in [2.45, 2.75) is 70.8 Å². The average molecular weight is 272 g/mol. The maximum Gasteiger partial charge on any atom is 0.307 e. The Labute approximate surface area is 116 Å². The number of carboxylic acid groups (broad SMARTS) is 1. The lowest BCUT2D eigenvalue weighted by atomic mass is 9.69. The molecule has 3 heteroatoms. The van der Waals surface area contributed by atoms with Crippen molar-refractivity contribution in [1.29, 1.82) is 0 Å². The molecule has 0 aliphatic heterocycles. The summed E-state index contributed by atoms with van der Waals surface area (Å²) in [5.41, 5.74) is 0.303. The van der Waals surface area contributed by atoms with Crippen molar-refractivity contribution in [3.63, 3.8) is 0 Å². The van der Waals surface area contributed by atoms with E-state index in [0.29, 0.717) is 21.8 Å². The first-order chi connectivity index (χ1) is 8.25. The van der Waals surface area contributed by atoms with Crippen LogP contribution < -0.4 is 0 Å². The van der Waals surface area contributed by atoms with Gasteiger partial charge in [0.15, 0.2) is 0 Å². The molecule has 0 amide bonds. The fourth-order valence-corrected chi connectivity index (χ4v) is 4.32. The van der Waals surface area contributed by atoms with Gasteiger partial charge in [-0.25, -0.2) is 0 Å². The zero-order chi connectivity index (χ0) is 13.9. The van der Waals surface area contributed by atoms with E-state index in [0.717, 1.165) is 25.7 Å². The Morgan fingerprint density at radius 2 is 2.00 bits per heavy atom. The molecule has 4 unspecified atom stereocenters. The largest absolute Gasteiger partial charge is 0.481 e. The van der Waals surface area contributed by atoms with Crippen LogP contribution in [0.15, 0.2) is 0 Å². The second kappa shape index (κ2) is 6.31. The molecule has 0 saturated heterocycles. The Hall–Kier alpha value is -0.180. The van der Waals surface area contributed by atoms with Crippen LogP contribution in [0.3, 0.4) is 0 Å². The van der Waals surface area contributed by atoms with E-state index in [2.05, 4.69) is 34.6 Å². The van der Waals surface area contributed by atoms with Crippen LogP contribution in [0.5, 0.6) is 0 Å². The predicted molar refractivity (Wildman–Crippen MR) is 79.1 cm³/mol. The molecule has 0 bridgehead atoms. The van der Waals surface area contributed by atoms with Crippen LogP contribution in [0.25, 0.3) is 0 Å². The summed E-state index contributed by atoms with van der Waals surface area (Å²) in [4.78, 5) is 11.4. The Morgan fingerprint density at radius 1 is 1.39 bits per heavy atom. The highest BCUT2D eigenvalue weighted by Gasteiger charge is 2.39. The van der Waals surface area contributed by atoms with Crippen LogP contribution in [-0.4, -0.2) is 21.6 Å². The van der Waals surface area contributed by atoms with Crippen molar-refractivity contribution in [3.8, 4) is 0 Å². The van der Waals surface area contributed by atoms with E-state index in [1.54, 1.807) is 0 Å². The van der Waals surface area contributed by atoms with Gasteiger partial charge in [-0.05, 0) is 37.0 Å². The number of aliphatic carboxylic acids is 1. The molecule has 1 saturated carbocycles. The van der Waals surface area contributed by atoms with Gasteiger partial charge in [0.05, 0.1) is 5.92 Å². The lowest BCUT2D eigenvalue weighted by Crippen LogP contribution is -2.37. The van der Waals surface area contributed by atoms with Crippen molar-refractivity contribution in [1.82, 2.24) is 0 Å². The molecule has 1 N–H and O–H groups in total. The number of rotatable bonds is 4. The van der Waals surface area contributed by atoms with E-state index in [1.807, 2.05) is 11.8 Å². The van der Waals surface area contributed by atoms with Gasteiger partial charge in [-0.2, -0.15) is 11.8 Å². The van der Waals surface area contributed by atoms with Crippen LogP contribution in [0.1, 0.15) is 60.3 Å². The number of hydrogen-bond donors (Lipinski definition) is 1. The van der Waals surface area contributed by atoms with E-state index in [-0.39, 0.29) is 5.92 Å². The fourth-order valence-electron chi connectivity index (χ4n) is 2.74. The Kier molecular flexibility index (Phi) is 5.57. The molecule has 18 heavy (non-hydrogen) atoms. The third kappa shape index (κ3) is 4.18. The quantitative estimate of drug-likeness (QED) is 0.822. The molecule has 2 nitrogen and oxygen atoms in total. The molecule has 0 radical (unpaired) electrons. The second-order valence-corrected chi connectivity index (χ2v) is 8.40. The van der Waals surface area contributed by atoms with Gasteiger partial charge in [-0.1, -0.05) is 34.6 Å². The SMILES string of the molecule is CCC(C)SC1CC(C(C)(C)C)CCC1C(=O)O. The zero-order valence-electron chi connectivity index (χ0n) is 12.4. The third-order valence-electron chi connectivity index (χ3n) is 4.32. The van der Waals surface area contributed by atoms with E-state index >= 15 is 0 Å². The first-order valence-corrected chi connectivity index (χ1v) is 8.08. The summed E-state index contributed by atoms with van der Waals surface area (Å²) in [5, 5.41) is 10.2. The average Bonchev–Trinajstić information content (AvgIpc) is 2.27. The summed E-state index contributed by atoms with van der Waals surface area (Å²) in [6.45, 7) is 11.2. The summed E-state index contributed by atoms with van der Waals surface area (Å²) < 4.78 is 0. The molecule has 0 heterocycles. The second-order valence-electron chi connectivity index (χ2n) is 6.71. The van der Waals surface area contributed by atoms with Gasteiger partial charge < -0.3 is 5.11 Å². The van der Waals surface area contributed by atoms with Crippen LogP contribution in [0, 0.1) is 17.3 Å². The van der Waals surface area contributed by atoms with E-state index in [1.165, 1.54) is 0 Å². The Bertz CT molecular complexity index is 283. The van der Waals surface area contributed by atoms with E-state index < -0.39 is 5.97 Å². The molecule has 1 aliphatic carbocycles. The molecule has 0 aromatic carbocycles. The lowest BCUT2D eigenvalue weighted by molar-refractivity contribution is -0.143. The predicted octanol–water partition coefficient (Wildman–Crippen LogP) is 4.43. The van der Waals surface area contributed by atoms with Crippen LogP contribution in [0.4, 0.5) is 0 Å². The summed E-state index contributed by atoms with van der Waals surface area (Å²) in [6, 6.07) is 0. The smallest absolute Gasteiger partial charge is 0.307 e. The highest BCUT2D eigenvalue weighted by Crippen LogP contribution is 2.45. The fraction of sp³-hybridized carbons (Fsp3) is 0.933. The first-order valence-electron chi connectivity index (χ1n) is 7.14. The molecule has 4 atom stereocenters. The van der Waals surface area contributed by atoms with Crippen molar-refractivity contribution in [2.75, 3.05) is 0 Å². The van der Waals surface area contributed by atoms with Gasteiger partial charge in [-0.15, -0.1) is 0 Å². The molecular formula is C15H28O2S. The maximum absolute atomic E-state index is 11.4. The van der Waals surface area contributed by atoms with Crippen LogP contribution in [-0.2, 0) is 4.79 Å². The van der Waals surface area contributed by atoms with E-state index in [9.17, 15) is 9.90 Å². The van der Waals surface area contributed by atoms with Gasteiger partial charge in [0.25, 0.3) is 0 Å². The summed E-state index contributed by atoms with van der Waals surface area (Å²) in [7, 11) is 0. The van der Waals surface area contributed by atoms with Gasteiger partial charge in [0.2, 0.25) is 0 Å². The molecule has 0 aromatic heterocycles. The van der Waals surface area contributed by atoms with Crippen molar-refractivity contribution in [3.05, 3.63) is 0 Å². The Balaban J connectivity index is 2.73. The minimum absolute atomic E-state index is 0.136. The number of carboxylic acids is 1. The van der Waals surface area contributed by atoms with E-state index in [4.69, 9.17) is 0 Å². The van der Waals surface area contributed by atoms with Gasteiger partial charge >= 0.3 is 5.97 Å². The van der Waals surface area contributed by atoms with Crippen molar-refractivity contribution in [2.24, 2.45) is 17.3 Å². The zero-order valence-corrected chi connectivity index (χ0v) is 13.2. The standard InChI is InChI=1S/C15H28O2S/c1-6-10(2)18-13-9-11(15(3,4)5)7-8-12(13)14(16)17/h10-13H,6-9H2,1-5H3,(H,16,17). The molecule has 1 rings (SSSR count). The van der Waals surface area contributed by atoms with Crippen molar-refractivity contribution >= 4 is 17.7 Å². The van der Waals surface area contributed by atoms with Gasteiger partial charge in [-0.3, -0.25) is 4.79 Å². The monoisotopic (exact) mass is 272 g/mol. The highest BCUT2D eigenvalue weighted by atomic mass is 32.2. The van der Waals surface area contributed by atoms with Gasteiger partial charge in [0, 0.05) is 10.5 Å². The maximum atomic E-state index is 11.4. The normalized spacial score (nSPS) is 31.1. The molecule has 1 aliphatic rings. The summed E-state index contributed by atoms with van der Waals surface area (Å²) in [6.07, 6.45) is 4.10. The number of thioether (sulfide) groups is 1. The minimum Gasteiger partial charge on any atom is -0.481 e. The molecular weight excluding hydrogens is 244 g/mol. The third-order valence-corrected chi connectivity index (χ3v) is 5.98. The molecule has 0 aromatic rings. The minimum atomic E-state index is -0.594. The van der Waals surface area contributed by atoms with Gasteiger partial charge in [0.1, 0.15) is 0 Å². The lowest BCUT2D eigenvalue weighted by Gasteiger charge is -2.41. The summed E-state index contributed by atoms with van der Waals surface area (Å²) in [5.74, 6) is -0.0691. The highest BCUT2D eigenvalue weighted by molar-refractivity contribution is 8.00. The number of hydrogen-bond acceptors (Lipinski definition) is 2. The molecule has 106 valence electrons. The summed E-state index contributed by atoms with van der Waals surface area (Å²) >= 11 is 1.90. The number of carbonyl (C=O) groups is 1. The molecule has 1 fully saturated rings. The van der Waals surface area contributed by atoms with Crippen molar-refractivity contribution < 1.29 is 9.90 Å². The van der Waals surface area contributed by atoms with Crippen LogP contribution in [0.2, 0.25) is 0 Å². The first kappa shape index (κ1) is 15.9.